The highest BCUT2D eigenvalue weighted by molar-refractivity contribution is 7.80. The highest BCUT2D eigenvalue weighted by Gasteiger charge is 2.36. The normalized spacial score (nSPS) is 18.0. The summed E-state index contributed by atoms with van der Waals surface area (Å²) < 4.78 is 15.9. The second-order valence-electron chi connectivity index (χ2n) is 6.22. The molecule has 7 heteroatoms. The van der Waals surface area contributed by atoms with Crippen LogP contribution in [0.1, 0.15) is 25.5 Å². The van der Waals surface area contributed by atoms with Gasteiger partial charge in [-0.05, 0) is 43.8 Å². The van der Waals surface area contributed by atoms with Gasteiger partial charge >= 0.3 is 5.97 Å². The molecular formula is C20H26N2O4S. The molecule has 1 aromatic rings. The Bertz CT molecular complexity index is 747. The number of ether oxygens (including phenoxy) is 3. The molecule has 1 heterocycles. The molecule has 146 valence electrons. The molecule has 1 aliphatic heterocycles. The maximum absolute atomic E-state index is 12.6. The number of hydrogen-bond acceptors (Lipinski definition) is 5. The van der Waals surface area contributed by atoms with E-state index in [0.717, 1.165) is 11.3 Å². The van der Waals surface area contributed by atoms with Gasteiger partial charge in [0.25, 0.3) is 0 Å². The number of benzene rings is 1. The lowest BCUT2D eigenvalue weighted by Crippen LogP contribution is -2.52. The summed E-state index contributed by atoms with van der Waals surface area (Å²) in [5.74, 6) is 0.289. The summed E-state index contributed by atoms with van der Waals surface area (Å²) in [5.41, 5.74) is 2.12. The van der Waals surface area contributed by atoms with Gasteiger partial charge in [0.2, 0.25) is 0 Å². The number of esters is 1. The Labute approximate surface area is 165 Å². The van der Waals surface area contributed by atoms with Crippen LogP contribution in [0.2, 0.25) is 0 Å². The molecule has 0 saturated heterocycles. The second-order valence-corrected chi connectivity index (χ2v) is 6.61. The molecule has 0 fully saturated rings. The van der Waals surface area contributed by atoms with Crippen LogP contribution in [0.3, 0.4) is 0 Å². The lowest BCUT2D eigenvalue weighted by atomic mass is 9.94. The van der Waals surface area contributed by atoms with Crippen LogP contribution in [0, 0.1) is 0 Å². The molecule has 0 radical (unpaired) electrons. The molecule has 0 spiro atoms. The molecule has 0 bridgehead atoms. The number of thiocarbonyl (C=S) groups is 1. The van der Waals surface area contributed by atoms with Crippen molar-refractivity contribution in [1.82, 2.24) is 10.2 Å². The van der Waals surface area contributed by atoms with Crippen LogP contribution in [-0.4, -0.2) is 49.5 Å². The van der Waals surface area contributed by atoms with Gasteiger partial charge in [0.1, 0.15) is 12.4 Å². The van der Waals surface area contributed by atoms with Gasteiger partial charge in [0, 0.05) is 12.8 Å². The smallest absolute Gasteiger partial charge is 0.337 e. The molecule has 1 aromatic carbocycles. The van der Waals surface area contributed by atoms with Crippen molar-refractivity contribution in [2.45, 2.75) is 25.9 Å². The topological polar surface area (TPSA) is 60.0 Å². The van der Waals surface area contributed by atoms with Gasteiger partial charge in [-0.25, -0.2) is 4.79 Å². The van der Waals surface area contributed by atoms with E-state index >= 15 is 0 Å². The Morgan fingerprint density at radius 3 is 2.81 bits per heavy atom. The molecule has 0 aromatic heterocycles. The zero-order valence-corrected chi connectivity index (χ0v) is 17.0. The Hall–Kier alpha value is -2.38. The second kappa shape index (κ2) is 9.53. The Morgan fingerprint density at radius 2 is 2.19 bits per heavy atom. The van der Waals surface area contributed by atoms with E-state index in [-0.39, 0.29) is 6.04 Å². The SMILES string of the molecule is C=CCOc1cccc([C@H]2NC(=S)N([C@H](C)COC)C(C)=C2C(=O)OC)c1. The summed E-state index contributed by atoms with van der Waals surface area (Å²) in [5, 5.41) is 3.80. The minimum absolute atomic E-state index is 0.0298. The van der Waals surface area contributed by atoms with Gasteiger partial charge in [0.05, 0.1) is 31.4 Å². The third-order valence-corrected chi connectivity index (χ3v) is 4.65. The Balaban J connectivity index is 2.48. The van der Waals surface area contributed by atoms with Crippen molar-refractivity contribution < 1.29 is 19.0 Å². The van der Waals surface area contributed by atoms with Gasteiger partial charge in [-0.3, -0.25) is 0 Å². The van der Waals surface area contributed by atoms with Gasteiger partial charge in [-0.2, -0.15) is 0 Å². The summed E-state index contributed by atoms with van der Waals surface area (Å²) in [4.78, 5) is 14.5. The first-order valence-corrected chi connectivity index (χ1v) is 9.06. The molecular weight excluding hydrogens is 364 g/mol. The average Bonchev–Trinajstić information content (AvgIpc) is 2.65. The third kappa shape index (κ3) is 4.67. The van der Waals surface area contributed by atoms with E-state index < -0.39 is 12.0 Å². The number of rotatable bonds is 8. The fourth-order valence-corrected chi connectivity index (χ4v) is 3.60. The first-order chi connectivity index (χ1) is 12.9. The molecule has 2 rings (SSSR count). The minimum atomic E-state index is -0.428. The quantitative estimate of drug-likeness (QED) is 0.416. The van der Waals surface area contributed by atoms with E-state index in [1.54, 1.807) is 13.2 Å². The maximum Gasteiger partial charge on any atom is 0.337 e. The van der Waals surface area contributed by atoms with Crippen molar-refractivity contribution in [3.63, 3.8) is 0 Å². The molecule has 0 aliphatic carbocycles. The summed E-state index contributed by atoms with van der Waals surface area (Å²) >= 11 is 5.58. The molecule has 27 heavy (non-hydrogen) atoms. The summed E-state index contributed by atoms with van der Waals surface area (Å²) in [6.45, 7) is 8.39. The van der Waals surface area contributed by atoms with Gasteiger partial charge in [-0.1, -0.05) is 24.8 Å². The predicted octanol–water partition coefficient (Wildman–Crippen LogP) is 2.96. The molecule has 0 saturated carbocycles. The van der Waals surface area contributed by atoms with E-state index in [4.69, 9.17) is 26.4 Å². The molecule has 0 unspecified atom stereocenters. The van der Waals surface area contributed by atoms with Crippen molar-refractivity contribution in [1.29, 1.82) is 0 Å². The molecule has 6 nitrogen and oxygen atoms in total. The number of hydrogen-bond donors (Lipinski definition) is 1. The highest BCUT2D eigenvalue weighted by Crippen LogP contribution is 2.33. The molecule has 1 N–H and O–H groups in total. The molecule has 1 aliphatic rings. The lowest BCUT2D eigenvalue weighted by Gasteiger charge is -2.40. The van der Waals surface area contributed by atoms with Gasteiger partial charge in [0.15, 0.2) is 5.11 Å². The van der Waals surface area contributed by atoms with Crippen molar-refractivity contribution in [2.75, 3.05) is 27.4 Å². The first kappa shape index (κ1) is 20.9. The van der Waals surface area contributed by atoms with E-state index in [0.29, 0.717) is 29.6 Å². The van der Waals surface area contributed by atoms with Gasteiger partial charge < -0.3 is 24.4 Å². The van der Waals surface area contributed by atoms with Crippen molar-refractivity contribution in [3.05, 3.63) is 53.8 Å². The summed E-state index contributed by atoms with van der Waals surface area (Å²) in [6.07, 6.45) is 1.68. The fraction of sp³-hybridized carbons (Fsp3) is 0.400. The van der Waals surface area contributed by atoms with E-state index in [1.807, 2.05) is 43.0 Å². The maximum atomic E-state index is 12.6. The number of methoxy groups -OCH3 is 2. The van der Waals surface area contributed by atoms with Crippen molar-refractivity contribution in [2.24, 2.45) is 0 Å². The Kier molecular flexibility index (Phi) is 7.38. The van der Waals surface area contributed by atoms with Gasteiger partial charge in [-0.15, -0.1) is 0 Å². The van der Waals surface area contributed by atoms with E-state index in [9.17, 15) is 4.79 Å². The Morgan fingerprint density at radius 1 is 1.44 bits per heavy atom. The van der Waals surface area contributed by atoms with Crippen molar-refractivity contribution >= 4 is 23.3 Å². The third-order valence-electron chi connectivity index (χ3n) is 4.34. The number of nitrogens with one attached hydrogen (secondary N) is 1. The van der Waals surface area contributed by atoms with E-state index in [2.05, 4.69) is 11.9 Å². The average molecular weight is 391 g/mol. The summed E-state index contributed by atoms with van der Waals surface area (Å²) in [6, 6.07) is 7.08. The number of carbonyl (C=O) groups is 1. The first-order valence-electron chi connectivity index (χ1n) is 8.66. The van der Waals surface area contributed by atoms with Crippen LogP contribution < -0.4 is 10.1 Å². The number of carbonyl (C=O) groups excluding carboxylic acids is 1. The standard InChI is InChI=1S/C20H26N2O4S/c1-6-10-26-16-9-7-8-15(11-16)18-17(19(23)25-5)14(3)22(20(27)21-18)13(2)12-24-4/h6-9,11,13,18H,1,10,12H2,2-5H3,(H,21,27)/t13-,18-/m1/s1. The lowest BCUT2D eigenvalue weighted by molar-refractivity contribution is -0.136. The van der Waals surface area contributed by atoms with Crippen LogP contribution in [0.5, 0.6) is 5.75 Å². The summed E-state index contributed by atoms with van der Waals surface area (Å²) in [7, 11) is 3.01. The van der Waals surface area contributed by atoms with Crippen LogP contribution in [0.4, 0.5) is 0 Å². The van der Waals surface area contributed by atoms with Crippen LogP contribution in [0.15, 0.2) is 48.2 Å². The number of nitrogens with zero attached hydrogens (tertiary/aromatic N) is 1. The minimum Gasteiger partial charge on any atom is -0.490 e. The monoisotopic (exact) mass is 390 g/mol. The highest BCUT2D eigenvalue weighted by atomic mass is 32.1. The molecule has 2 atom stereocenters. The largest absolute Gasteiger partial charge is 0.490 e. The molecule has 0 amide bonds. The number of allylic oxidation sites excluding steroid dienone is 1. The fourth-order valence-electron chi connectivity index (χ4n) is 3.17. The van der Waals surface area contributed by atoms with Crippen molar-refractivity contribution in [3.8, 4) is 5.75 Å². The zero-order valence-electron chi connectivity index (χ0n) is 16.2. The predicted molar refractivity (Wildman–Crippen MR) is 109 cm³/mol. The van der Waals surface area contributed by atoms with Crippen LogP contribution >= 0.6 is 12.2 Å². The zero-order chi connectivity index (χ0) is 20.0. The van der Waals surface area contributed by atoms with Crippen LogP contribution in [-0.2, 0) is 14.3 Å². The van der Waals surface area contributed by atoms with E-state index in [1.165, 1.54) is 7.11 Å². The van der Waals surface area contributed by atoms with Crippen LogP contribution in [0.25, 0.3) is 0 Å².